The maximum absolute atomic E-state index is 11.4. The number of amides is 1. The maximum atomic E-state index is 11.4. The molecule has 0 saturated carbocycles. The zero-order chi connectivity index (χ0) is 13.1. The van der Waals surface area contributed by atoms with Crippen molar-refractivity contribution in [3.8, 4) is 0 Å². The monoisotopic (exact) mass is 280 g/mol. The number of carbonyl (C=O) groups excluding carboxylic acids is 1. The van der Waals surface area contributed by atoms with E-state index in [1.54, 1.807) is 0 Å². The Morgan fingerprint density at radius 2 is 2.12 bits per heavy atom. The first kappa shape index (κ1) is 14.0. The lowest BCUT2D eigenvalue weighted by Gasteiger charge is -2.10. The lowest BCUT2D eigenvalue weighted by Crippen LogP contribution is -2.33. The van der Waals surface area contributed by atoms with Crippen LogP contribution in [0.2, 0.25) is 5.22 Å². The molecule has 17 heavy (non-hydrogen) atoms. The third-order valence-electron chi connectivity index (χ3n) is 2.00. The molecule has 0 fully saturated rings. The van der Waals surface area contributed by atoms with E-state index in [9.17, 15) is 13.2 Å². The summed E-state index contributed by atoms with van der Waals surface area (Å²) in [5, 5.41) is 2.53. The molecule has 0 unspecified atom stereocenters. The third-order valence-corrected chi connectivity index (χ3v) is 4.03. The van der Waals surface area contributed by atoms with Crippen LogP contribution >= 0.6 is 11.6 Å². The summed E-state index contributed by atoms with van der Waals surface area (Å²) in [6.45, 7) is 0.0116. The van der Waals surface area contributed by atoms with Gasteiger partial charge in [0.25, 0.3) is 5.91 Å². The van der Waals surface area contributed by atoms with Gasteiger partial charge in [0.05, 0.1) is 5.75 Å². The number of hydrogen-bond donors (Lipinski definition) is 1. The molecule has 0 atom stereocenters. The lowest BCUT2D eigenvalue weighted by molar-refractivity contribution is 0.0928. The van der Waals surface area contributed by atoms with E-state index in [0.29, 0.717) is 0 Å². The molecule has 0 saturated heterocycles. The Morgan fingerprint density at radius 3 is 2.59 bits per heavy atom. The van der Waals surface area contributed by atoms with Crippen molar-refractivity contribution in [1.82, 2.24) is 9.62 Å². The Balaban J connectivity index is 2.45. The van der Waals surface area contributed by atoms with Gasteiger partial charge in [-0.2, -0.15) is 0 Å². The number of hydrogen-bond acceptors (Lipinski definition) is 4. The summed E-state index contributed by atoms with van der Waals surface area (Å²) in [6.07, 6.45) is 0. The number of nitrogens with one attached hydrogen (secondary N) is 1. The Kier molecular flexibility index (Phi) is 4.55. The van der Waals surface area contributed by atoms with Crippen LogP contribution in [0.3, 0.4) is 0 Å². The predicted octanol–water partition coefficient (Wildman–Crippen LogP) is 0.554. The van der Waals surface area contributed by atoms with Crippen molar-refractivity contribution in [3.63, 3.8) is 0 Å². The number of carbonyl (C=O) groups is 1. The van der Waals surface area contributed by atoms with Gasteiger partial charge in [0.15, 0.2) is 11.0 Å². The second-order valence-electron chi connectivity index (χ2n) is 3.46. The van der Waals surface area contributed by atoms with Crippen molar-refractivity contribution in [2.24, 2.45) is 0 Å². The van der Waals surface area contributed by atoms with E-state index < -0.39 is 15.9 Å². The molecular weight excluding hydrogens is 268 g/mol. The number of rotatable bonds is 5. The van der Waals surface area contributed by atoms with Crippen LogP contribution in [0.15, 0.2) is 16.5 Å². The number of nitrogens with zero attached hydrogens (tertiary/aromatic N) is 1. The van der Waals surface area contributed by atoms with Crippen molar-refractivity contribution in [2.75, 3.05) is 26.4 Å². The van der Waals surface area contributed by atoms with Gasteiger partial charge < -0.3 is 9.73 Å². The van der Waals surface area contributed by atoms with Crippen LogP contribution in [-0.2, 0) is 10.0 Å². The topological polar surface area (TPSA) is 79.6 Å². The third kappa shape index (κ3) is 4.03. The molecule has 1 amide bonds. The zero-order valence-corrected chi connectivity index (χ0v) is 11.0. The van der Waals surface area contributed by atoms with Crippen LogP contribution in [0.4, 0.5) is 0 Å². The van der Waals surface area contributed by atoms with Crippen molar-refractivity contribution < 1.29 is 17.6 Å². The molecule has 1 N–H and O–H groups in total. The van der Waals surface area contributed by atoms with Crippen molar-refractivity contribution >= 4 is 27.5 Å². The molecule has 96 valence electrons. The summed E-state index contributed by atoms with van der Waals surface area (Å²) in [5.41, 5.74) is 0. The van der Waals surface area contributed by atoms with E-state index in [1.807, 2.05) is 0 Å². The molecule has 6 nitrogen and oxygen atoms in total. The molecule has 0 aliphatic heterocycles. The SMILES string of the molecule is CN(C)S(=O)(=O)CCNC(=O)c1ccc(Cl)o1. The van der Waals surface area contributed by atoms with Crippen molar-refractivity contribution in [2.45, 2.75) is 0 Å². The van der Waals surface area contributed by atoms with Gasteiger partial charge >= 0.3 is 0 Å². The molecule has 1 rings (SSSR count). The van der Waals surface area contributed by atoms with Crippen LogP contribution in [0, 0.1) is 0 Å². The van der Waals surface area contributed by atoms with Crippen LogP contribution in [-0.4, -0.2) is 45.0 Å². The van der Waals surface area contributed by atoms with E-state index in [4.69, 9.17) is 16.0 Å². The fourth-order valence-electron chi connectivity index (χ4n) is 1.000. The van der Waals surface area contributed by atoms with Gasteiger partial charge in [0.2, 0.25) is 10.0 Å². The quantitative estimate of drug-likeness (QED) is 0.854. The van der Waals surface area contributed by atoms with Crippen molar-refractivity contribution in [3.05, 3.63) is 23.1 Å². The fraction of sp³-hybridized carbons (Fsp3) is 0.444. The summed E-state index contributed by atoms with van der Waals surface area (Å²) in [4.78, 5) is 11.4. The van der Waals surface area contributed by atoms with E-state index in [2.05, 4.69) is 5.32 Å². The van der Waals surface area contributed by atoms with Gasteiger partial charge in [-0.15, -0.1) is 0 Å². The normalized spacial score (nSPS) is 11.8. The van der Waals surface area contributed by atoms with Gasteiger partial charge in [0.1, 0.15) is 0 Å². The summed E-state index contributed by atoms with van der Waals surface area (Å²) < 4.78 is 28.7. The molecule has 0 aliphatic carbocycles. The molecule has 0 bridgehead atoms. The van der Waals surface area contributed by atoms with E-state index in [-0.39, 0.29) is 23.3 Å². The maximum Gasteiger partial charge on any atom is 0.287 e. The molecule has 0 aliphatic rings. The lowest BCUT2D eigenvalue weighted by atomic mass is 10.4. The Hall–Kier alpha value is -1.05. The summed E-state index contributed by atoms with van der Waals surface area (Å²) in [6, 6.07) is 2.85. The summed E-state index contributed by atoms with van der Waals surface area (Å²) >= 11 is 5.50. The van der Waals surface area contributed by atoms with E-state index in [0.717, 1.165) is 4.31 Å². The average molecular weight is 281 g/mol. The molecule has 1 aromatic heterocycles. The van der Waals surface area contributed by atoms with Crippen LogP contribution in [0.25, 0.3) is 0 Å². The highest BCUT2D eigenvalue weighted by Gasteiger charge is 2.15. The Labute approximate surface area is 105 Å². The minimum Gasteiger partial charge on any atom is -0.440 e. The highest BCUT2D eigenvalue weighted by atomic mass is 35.5. The predicted molar refractivity (Wildman–Crippen MR) is 63.5 cm³/mol. The highest BCUT2D eigenvalue weighted by Crippen LogP contribution is 2.12. The van der Waals surface area contributed by atoms with Gasteiger partial charge in [-0.3, -0.25) is 4.79 Å². The van der Waals surface area contributed by atoms with Gasteiger partial charge in [-0.25, -0.2) is 12.7 Å². The molecule has 0 spiro atoms. The number of furan rings is 1. The van der Waals surface area contributed by atoms with Gasteiger partial charge in [-0.1, -0.05) is 0 Å². The minimum atomic E-state index is -3.31. The second-order valence-corrected chi connectivity index (χ2v) is 6.13. The Bertz CT molecular complexity index is 495. The van der Waals surface area contributed by atoms with E-state index >= 15 is 0 Å². The first-order valence-electron chi connectivity index (χ1n) is 4.76. The molecule has 1 heterocycles. The Morgan fingerprint density at radius 1 is 1.47 bits per heavy atom. The average Bonchev–Trinajstić information content (AvgIpc) is 2.64. The first-order valence-corrected chi connectivity index (χ1v) is 6.75. The van der Waals surface area contributed by atoms with Crippen molar-refractivity contribution in [1.29, 1.82) is 0 Å². The van der Waals surface area contributed by atoms with Crippen LogP contribution in [0.1, 0.15) is 10.6 Å². The highest BCUT2D eigenvalue weighted by molar-refractivity contribution is 7.89. The fourth-order valence-corrected chi connectivity index (χ4v) is 1.87. The second kappa shape index (κ2) is 5.52. The first-order chi connectivity index (χ1) is 7.83. The molecular formula is C9H13ClN2O4S. The van der Waals surface area contributed by atoms with Gasteiger partial charge in [-0.05, 0) is 23.7 Å². The summed E-state index contributed by atoms with van der Waals surface area (Å²) in [7, 11) is -0.441. The molecule has 0 radical (unpaired) electrons. The van der Waals surface area contributed by atoms with Gasteiger partial charge in [0, 0.05) is 20.6 Å². The smallest absolute Gasteiger partial charge is 0.287 e. The zero-order valence-electron chi connectivity index (χ0n) is 9.44. The largest absolute Gasteiger partial charge is 0.440 e. The molecule has 8 heteroatoms. The number of sulfonamides is 1. The standard InChI is InChI=1S/C9H13ClN2O4S/c1-12(2)17(14,15)6-5-11-9(13)7-3-4-8(10)16-7/h3-4H,5-6H2,1-2H3,(H,11,13). The van der Waals surface area contributed by atoms with Crippen LogP contribution in [0.5, 0.6) is 0 Å². The molecule has 0 aromatic carbocycles. The minimum absolute atomic E-state index is 0.0116. The van der Waals surface area contributed by atoms with E-state index in [1.165, 1.54) is 26.2 Å². The summed E-state index contributed by atoms with van der Waals surface area (Å²) in [5.74, 6) is -0.608. The molecule has 1 aromatic rings. The van der Waals surface area contributed by atoms with Crippen LogP contribution < -0.4 is 5.32 Å². The number of halogens is 1.